The molecule has 1 atom stereocenters. The van der Waals surface area contributed by atoms with Crippen LogP contribution in [-0.2, 0) is 4.79 Å². The standard InChI is InChI=1S/C13H14F2N2O2/c1-8(19)16-10-2-3-17(6-10)13-11(14)4-9(7-18)5-12(13)15/h4-5,7,10H,2-3,6H2,1H3,(H,16,19). The van der Waals surface area contributed by atoms with Gasteiger partial charge in [0.1, 0.15) is 23.6 Å². The van der Waals surface area contributed by atoms with E-state index in [4.69, 9.17) is 0 Å². The molecule has 102 valence electrons. The lowest BCUT2D eigenvalue weighted by molar-refractivity contribution is -0.119. The first-order valence-corrected chi connectivity index (χ1v) is 5.97. The molecule has 1 unspecified atom stereocenters. The van der Waals surface area contributed by atoms with E-state index < -0.39 is 11.6 Å². The van der Waals surface area contributed by atoms with E-state index in [1.165, 1.54) is 6.92 Å². The third-order valence-corrected chi connectivity index (χ3v) is 3.09. The average molecular weight is 268 g/mol. The minimum Gasteiger partial charge on any atom is -0.365 e. The van der Waals surface area contributed by atoms with Gasteiger partial charge in [0.2, 0.25) is 5.91 Å². The van der Waals surface area contributed by atoms with Crippen molar-refractivity contribution in [2.75, 3.05) is 18.0 Å². The predicted molar refractivity (Wildman–Crippen MR) is 66.2 cm³/mol. The second-order valence-corrected chi connectivity index (χ2v) is 4.58. The molecule has 1 heterocycles. The van der Waals surface area contributed by atoms with Crippen molar-refractivity contribution in [3.63, 3.8) is 0 Å². The molecule has 1 aromatic carbocycles. The zero-order valence-electron chi connectivity index (χ0n) is 10.5. The van der Waals surface area contributed by atoms with E-state index in [-0.39, 0.29) is 23.2 Å². The molecule has 1 saturated heterocycles. The smallest absolute Gasteiger partial charge is 0.217 e. The minimum absolute atomic E-state index is 0.0312. The third-order valence-electron chi connectivity index (χ3n) is 3.09. The zero-order valence-corrected chi connectivity index (χ0v) is 10.5. The van der Waals surface area contributed by atoms with Gasteiger partial charge in [-0.05, 0) is 18.6 Å². The maximum atomic E-state index is 13.8. The fourth-order valence-electron chi connectivity index (χ4n) is 2.32. The summed E-state index contributed by atoms with van der Waals surface area (Å²) in [6.07, 6.45) is 1.04. The first kappa shape index (κ1) is 13.5. The molecule has 1 amide bonds. The monoisotopic (exact) mass is 268 g/mol. The highest BCUT2D eigenvalue weighted by Crippen LogP contribution is 2.27. The molecule has 0 saturated carbocycles. The van der Waals surface area contributed by atoms with Crippen LogP contribution in [0.3, 0.4) is 0 Å². The van der Waals surface area contributed by atoms with E-state index in [9.17, 15) is 18.4 Å². The average Bonchev–Trinajstić information content (AvgIpc) is 2.75. The number of carbonyl (C=O) groups is 2. The van der Waals surface area contributed by atoms with Gasteiger partial charge in [0.05, 0.1) is 0 Å². The largest absolute Gasteiger partial charge is 0.365 e. The van der Waals surface area contributed by atoms with Crippen molar-refractivity contribution in [1.82, 2.24) is 5.32 Å². The van der Waals surface area contributed by atoms with Crippen LogP contribution in [0.25, 0.3) is 0 Å². The first-order valence-electron chi connectivity index (χ1n) is 5.97. The number of nitrogens with one attached hydrogen (secondary N) is 1. The van der Waals surface area contributed by atoms with Crippen LogP contribution in [0, 0.1) is 11.6 Å². The molecule has 0 aliphatic carbocycles. The Morgan fingerprint density at radius 1 is 1.42 bits per heavy atom. The van der Waals surface area contributed by atoms with Gasteiger partial charge in [0.15, 0.2) is 0 Å². The van der Waals surface area contributed by atoms with E-state index in [1.54, 1.807) is 4.90 Å². The molecule has 2 rings (SSSR count). The van der Waals surface area contributed by atoms with Crippen molar-refractivity contribution in [2.45, 2.75) is 19.4 Å². The van der Waals surface area contributed by atoms with Crippen molar-refractivity contribution in [1.29, 1.82) is 0 Å². The Balaban J connectivity index is 2.19. The lowest BCUT2D eigenvalue weighted by Gasteiger charge is -2.20. The van der Waals surface area contributed by atoms with Crippen LogP contribution in [0.15, 0.2) is 12.1 Å². The summed E-state index contributed by atoms with van der Waals surface area (Å²) in [7, 11) is 0. The molecule has 0 aromatic heterocycles. The van der Waals surface area contributed by atoms with Gasteiger partial charge in [-0.15, -0.1) is 0 Å². The molecular weight excluding hydrogens is 254 g/mol. The van der Waals surface area contributed by atoms with E-state index in [0.29, 0.717) is 25.8 Å². The lowest BCUT2D eigenvalue weighted by atomic mass is 10.2. The van der Waals surface area contributed by atoms with Crippen LogP contribution < -0.4 is 10.2 Å². The molecule has 19 heavy (non-hydrogen) atoms. The maximum absolute atomic E-state index is 13.8. The van der Waals surface area contributed by atoms with Crippen LogP contribution in [0.4, 0.5) is 14.5 Å². The summed E-state index contributed by atoms with van der Waals surface area (Å²) in [4.78, 5) is 23.0. The summed E-state index contributed by atoms with van der Waals surface area (Å²) in [6, 6.07) is 1.91. The van der Waals surface area contributed by atoms with Gasteiger partial charge in [0.25, 0.3) is 0 Å². The minimum atomic E-state index is -0.759. The number of rotatable bonds is 3. The number of amides is 1. The van der Waals surface area contributed by atoms with Crippen molar-refractivity contribution in [3.05, 3.63) is 29.3 Å². The van der Waals surface area contributed by atoms with Crippen molar-refractivity contribution in [3.8, 4) is 0 Å². The summed E-state index contributed by atoms with van der Waals surface area (Å²) < 4.78 is 27.6. The highest BCUT2D eigenvalue weighted by atomic mass is 19.1. The van der Waals surface area contributed by atoms with Gasteiger partial charge >= 0.3 is 0 Å². The predicted octanol–water partition coefficient (Wildman–Crippen LogP) is 1.49. The molecule has 0 spiro atoms. The number of carbonyl (C=O) groups excluding carboxylic acids is 2. The molecule has 4 nitrogen and oxygen atoms in total. The number of nitrogens with zero attached hydrogens (tertiary/aromatic N) is 1. The molecule has 6 heteroatoms. The van der Waals surface area contributed by atoms with Gasteiger partial charge in [-0.1, -0.05) is 0 Å². The number of aldehydes is 1. The summed E-state index contributed by atoms with van der Waals surface area (Å²) in [5.41, 5.74) is -0.171. The summed E-state index contributed by atoms with van der Waals surface area (Å²) in [5.74, 6) is -1.68. The molecule has 1 aliphatic rings. The number of hydrogen-bond donors (Lipinski definition) is 1. The summed E-state index contributed by atoms with van der Waals surface area (Å²) >= 11 is 0. The zero-order chi connectivity index (χ0) is 14.0. The molecule has 1 N–H and O–H groups in total. The highest BCUT2D eigenvalue weighted by molar-refractivity contribution is 5.76. The molecule has 1 aliphatic heterocycles. The number of benzene rings is 1. The van der Waals surface area contributed by atoms with E-state index >= 15 is 0 Å². The van der Waals surface area contributed by atoms with Crippen molar-refractivity contribution in [2.24, 2.45) is 0 Å². The normalized spacial score (nSPS) is 18.5. The molecule has 0 radical (unpaired) electrons. The van der Waals surface area contributed by atoms with Crippen LogP contribution in [0.1, 0.15) is 23.7 Å². The van der Waals surface area contributed by atoms with E-state index in [0.717, 1.165) is 12.1 Å². The lowest BCUT2D eigenvalue weighted by Crippen LogP contribution is -2.35. The maximum Gasteiger partial charge on any atom is 0.217 e. The number of halogens is 2. The summed E-state index contributed by atoms with van der Waals surface area (Å²) in [6.45, 7) is 2.22. The fraction of sp³-hybridized carbons (Fsp3) is 0.385. The van der Waals surface area contributed by atoms with Crippen LogP contribution in [-0.4, -0.2) is 31.3 Å². The second-order valence-electron chi connectivity index (χ2n) is 4.58. The fourth-order valence-corrected chi connectivity index (χ4v) is 2.32. The Labute approximate surface area is 109 Å². The molecule has 1 aromatic rings. The second kappa shape index (κ2) is 5.34. The number of anilines is 1. The van der Waals surface area contributed by atoms with Crippen LogP contribution in [0.5, 0.6) is 0 Å². The highest BCUT2D eigenvalue weighted by Gasteiger charge is 2.27. The Hall–Kier alpha value is -1.98. The molecule has 1 fully saturated rings. The topological polar surface area (TPSA) is 49.4 Å². The van der Waals surface area contributed by atoms with E-state index in [1.807, 2.05) is 0 Å². The van der Waals surface area contributed by atoms with E-state index in [2.05, 4.69) is 5.32 Å². The third kappa shape index (κ3) is 2.89. The Morgan fingerprint density at radius 2 is 2.05 bits per heavy atom. The van der Waals surface area contributed by atoms with Crippen molar-refractivity contribution >= 4 is 17.9 Å². The molecule has 0 bridgehead atoms. The SMILES string of the molecule is CC(=O)NC1CCN(c2c(F)cc(C=O)cc2F)C1. The van der Waals surface area contributed by atoms with Gasteiger partial charge in [-0.2, -0.15) is 0 Å². The van der Waals surface area contributed by atoms with Gasteiger partial charge in [0, 0.05) is 31.6 Å². The van der Waals surface area contributed by atoms with Gasteiger partial charge < -0.3 is 10.2 Å². The quantitative estimate of drug-likeness (QED) is 0.845. The Bertz CT molecular complexity index is 496. The first-order chi connectivity index (χ1) is 9.01. The Kier molecular flexibility index (Phi) is 3.78. The van der Waals surface area contributed by atoms with Gasteiger partial charge in [-0.25, -0.2) is 8.78 Å². The van der Waals surface area contributed by atoms with Crippen LogP contribution in [0.2, 0.25) is 0 Å². The molecular formula is C13H14F2N2O2. The summed E-state index contributed by atoms with van der Waals surface area (Å²) in [5, 5.41) is 2.72. The van der Waals surface area contributed by atoms with Crippen molar-refractivity contribution < 1.29 is 18.4 Å². The van der Waals surface area contributed by atoms with Gasteiger partial charge in [-0.3, -0.25) is 9.59 Å². The van der Waals surface area contributed by atoms with Crippen LogP contribution >= 0.6 is 0 Å². The number of hydrogen-bond acceptors (Lipinski definition) is 3. The Morgan fingerprint density at radius 3 is 2.58 bits per heavy atom.